The fourth-order valence-corrected chi connectivity index (χ4v) is 2.26. The van der Waals surface area contributed by atoms with Crippen LogP contribution in [-0.2, 0) is 17.8 Å². The molecule has 0 saturated carbocycles. The molecule has 3 N–H and O–H groups in total. The third-order valence-electron chi connectivity index (χ3n) is 3.82. The summed E-state index contributed by atoms with van der Waals surface area (Å²) in [7, 11) is 1.74. The number of benzene rings is 1. The lowest BCUT2D eigenvalue weighted by molar-refractivity contribution is -0.128. The molecule has 0 aliphatic heterocycles. The van der Waals surface area contributed by atoms with Gasteiger partial charge < -0.3 is 16.0 Å². The normalized spacial score (nSPS) is 12.0. The van der Waals surface area contributed by atoms with Gasteiger partial charge in [-0.05, 0) is 38.3 Å². The second kappa shape index (κ2) is 9.18. The monoisotopic (exact) mass is 318 g/mol. The summed E-state index contributed by atoms with van der Waals surface area (Å²) in [5, 5.41) is 9.41. The summed E-state index contributed by atoms with van der Waals surface area (Å²) in [6, 6.07) is 8.37. The van der Waals surface area contributed by atoms with Crippen LogP contribution in [0.4, 0.5) is 0 Å². The molecule has 1 amide bonds. The molecular formula is C18H30N4O. The van der Waals surface area contributed by atoms with Crippen molar-refractivity contribution in [1.29, 1.82) is 0 Å². The Kier molecular flexibility index (Phi) is 7.59. The Bertz CT molecular complexity index is 538. The largest absolute Gasteiger partial charge is 0.356 e. The molecule has 0 spiro atoms. The van der Waals surface area contributed by atoms with Crippen molar-refractivity contribution in [2.75, 3.05) is 20.1 Å². The van der Waals surface area contributed by atoms with E-state index in [0.29, 0.717) is 25.6 Å². The number of carbonyl (C=O) groups excluding carboxylic acids is 1. The first-order valence-corrected chi connectivity index (χ1v) is 8.24. The molecule has 0 saturated heterocycles. The number of aliphatic imine (C=N–C) groups is 1. The van der Waals surface area contributed by atoms with Crippen molar-refractivity contribution in [3.05, 3.63) is 35.4 Å². The van der Waals surface area contributed by atoms with Crippen LogP contribution < -0.4 is 16.0 Å². The van der Waals surface area contributed by atoms with Gasteiger partial charge in [0.15, 0.2) is 5.96 Å². The van der Waals surface area contributed by atoms with E-state index >= 15 is 0 Å². The molecule has 0 aliphatic carbocycles. The van der Waals surface area contributed by atoms with Crippen molar-refractivity contribution in [3.63, 3.8) is 0 Å². The van der Waals surface area contributed by atoms with Crippen molar-refractivity contribution in [2.45, 2.75) is 40.7 Å². The van der Waals surface area contributed by atoms with Gasteiger partial charge in [-0.3, -0.25) is 9.79 Å². The highest BCUT2D eigenvalue weighted by Crippen LogP contribution is 2.13. The van der Waals surface area contributed by atoms with E-state index in [2.05, 4.69) is 46.1 Å². The number of nitrogens with one attached hydrogen (secondary N) is 3. The summed E-state index contributed by atoms with van der Waals surface area (Å²) in [5.41, 5.74) is 2.11. The summed E-state index contributed by atoms with van der Waals surface area (Å²) in [6.45, 7) is 9.80. The topological polar surface area (TPSA) is 65.5 Å². The molecule has 0 unspecified atom stereocenters. The Morgan fingerprint density at radius 2 is 1.74 bits per heavy atom. The van der Waals surface area contributed by atoms with Crippen molar-refractivity contribution in [1.82, 2.24) is 16.0 Å². The lowest BCUT2D eigenvalue weighted by Crippen LogP contribution is -2.47. The molecule has 5 heteroatoms. The van der Waals surface area contributed by atoms with E-state index in [9.17, 15) is 4.79 Å². The van der Waals surface area contributed by atoms with E-state index in [1.54, 1.807) is 7.05 Å². The lowest BCUT2D eigenvalue weighted by Gasteiger charge is -2.25. The Morgan fingerprint density at radius 1 is 1.09 bits per heavy atom. The van der Waals surface area contributed by atoms with Crippen LogP contribution in [0.15, 0.2) is 29.3 Å². The average molecular weight is 318 g/mol. The second-order valence-electron chi connectivity index (χ2n) is 6.14. The van der Waals surface area contributed by atoms with Gasteiger partial charge in [0, 0.05) is 26.7 Å². The molecule has 23 heavy (non-hydrogen) atoms. The SMILES string of the molecule is CCNC(=O)C(C)(C)CNC(=NC)NCc1ccccc1CC. The average Bonchev–Trinajstić information content (AvgIpc) is 2.55. The number of nitrogens with zero attached hydrogens (tertiary/aromatic N) is 1. The Labute approximate surface area is 140 Å². The summed E-state index contributed by atoms with van der Waals surface area (Å²) < 4.78 is 0. The minimum atomic E-state index is -0.491. The smallest absolute Gasteiger partial charge is 0.227 e. The molecule has 1 rings (SSSR count). The van der Waals surface area contributed by atoms with Crippen LogP contribution in [0.1, 0.15) is 38.8 Å². The number of aryl methyl sites for hydroxylation is 1. The van der Waals surface area contributed by atoms with Gasteiger partial charge in [0.25, 0.3) is 0 Å². The van der Waals surface area contributed by atoms with Gasteiger partial charge in [0.1, 0.15) is 0 Å². The molecular weight excluding hydrogens is 288 g/mol. The highest BCUT2D eigenvalue weighted by molar-refractivity contribution is 5.84. The molecule has 0 aliphatic rings. The molecule has 1 aromatic carbocycles. The van der Waals surface area contributed by atoms with Crippen molar-refractivity contribution in [2.24, 2.45) is 10.4 Å². The van der Waals surface area contributed by atoms with Crippen molar-refractivity contribution >= 4 is 11.9 Å². The van der Waals surface area contributed by atoms with E-state index < -0.39 is 5.41 Å². The minimum Gasteiger partial charge on any atom is -0.356 e. The van der Waals surface area contributed by atoms with Gasteiger partial charge in [-0.25, -0.2) is 0 Å². The quantitative estimate of drug-likeness (QED) is 0.533. The highest BCUT2D eigenvalue weighted by Gasteiger charge is 2.27. The van der Waals surface area contributed by atoms with Gasteiger partial charge >= 0.3 is 0 Å². The summed E-state index contributed by atoms with van der Waals surface area (Å²) >= 11 is 0. The lowest BCUT2D eigenvalue weighted by atomic mass is 9.92. The summed E-state index contributed by atoms with van der Waals surface area (Å²) in [6.07, 6.45) is 1.01. The predicted octanol–water partition coefficient (Wildman–Crippen LogP) is 2.08. The number of hydrogen-bond acceptors (Lipinski definition) is 2. The summed E-state index contributed by atoms with van der Waals surface area (Å²) in [4.78, 5) is 16.2. The molecule has 0 aromatic heterocycles. The zero-order valence-electron chi connectivity index (χ0n) is 15.0. The number of rotatable bonds is 7. The molecule has 5 nitrogen and oxygen atoms in total. The first-order valence-electron chi connectivity index (χ1n) is 8.24. The van der Waals surface area contributed by atoms with E-state index in [4.69, 9.17) is 0 Å². The standard InChI is InChI=1S/C18H30N4O/c1-6-14-10-8-9-11-15(14)12-21-17(19-5)22-13-18(3,4)16(23)20-7-2/h8-11H,6-7,12-13H2,1-5H3,(H,20,23)(H2,19,21,22). The molecule has 1 aromatic rings. The van der Waals surface area contributed by atoms with Gasteiger partial charge in [-0.1, -0.05) is 31.2 Å². The zero-order chi connectivity index (χ0) is 17.3. The minimum absolute atomic E-state index is 0.0410. The van der Waals surface area contributed by atoms with Crippen LogP contribution >= 0.6 is 0 Å². The molecule has 0 atom stereocenters. The van der Waals surface area contributed by atoms with Crippen LogP contribution in [0, 0.1) is 5.41 Å². The van der Waals surface area contributed by atoms with Crippen molar-refractivity contribution < 1.29 is 4.79 Å². The third-order valence-corrected chi connectivity index (χ3v) is 3.82. The van der Waals surface area contributed by atoms with Gasteiger partial charge in [-0.2, -0.15) is 0 Å². The first kappa shape index (κ1) is 19.0. The van der Waals surface area contributed by atoms with Crippen LogP contribution in [-0.4, -0.2) is 32.0 Å². The number of carbonyl (C=O) groups is 1. The predicted molar refractivity (Wildman–Crippen MR) is 96.5 cm³/mol. The Hall–Kier alpha value is -2.04. The van der Waals surface area contributed by atoms with Gasteiger partial charge in [-0.15, -0.1) is 0 Å². The van der Waals surface area contributed by atoms with Crippen LogP contribution in [0.5, 0.6) is 0 Å². The van der Waals surface area contributed by atoms with Gasteiger partial charge in [0.2, 0.25) is 5.91 Å². The fourth-order valence-electron chi connectivity index (χ4n) is 2.26. The molecule has 128 valence electrons. The zero-order valence-corrected chi connectivity index (χ0v) is 15.0. The molecule has 0 heterocycles. The maximum absolute atomic E-state index is 12.0. The van der Waals surface area contributed by atoms with E-state index in [0.717, 1.165) is 6.42 Å². The summed E-state index contributed by atoms with van der Waals surface area (Å²) in [5.74, 6) is 0.743. The van der Waals surface area contributed by atoms with Gasteiger partial charge in [0.05, 0.1) is 5.41 Å². The van der Waals surface area contributed by atoms with Crippen LogP contribution in [0.2, 0.25) is 0 Å². The molecule has 0 radical (unpaired) electrons. The number of amides is 1. The van der Waals surface area contributed by atoms with E-state index in [1.807, 2.05) is 26.8 Å². The Morgan fingerprint density at radius 3 is 2.30 bits per heavy atom. The van der Waals surface area contributed by atoms with Crippen molar-refractivity contribution in [3.8, 4) is 0 Å². The van der Waals surface area contributed by atoms with E-state index in [1.165, 1.54) is 11.1 Å². The first-order chi connectivity index (χ1) is 10.9. The molecule has 0 fully saturated rings. The number of hydrogen-bond donors (Lipinski definition) is 3. The second-order valence-corrected chi connectivity index (χ2v) is 6.14. The van der Waals surface area contributed by atoms with Crippen LogP contribution in [0.25, 0.3) is 0 Å². The maximum Gasteiger partial charge on any atom is 0.227 e. The van der Waals surface area contributed by atoms with E-state index in [-0.39, 0.29) is 5.91 Å². The third kappa shape index (κ3) is 5.93. The Balaban J connectivity index is 2.57. The number of guanidine groups is 1. The fraction of sp³-hybridized carbons (Fsp3) is 0.556. The maximum atomic E-state index is 12.0. The highest BCUT2D eigenvalue weighted by atomic mass is 16.2. The molecule has 0 bridgehead atoms. The van der Waals surface area contributed by atoms with Crippen LogP contribution in [0.3, 0.4) is 0 Å².